The van der Waals surface area contributed by atoms with E-state index < -0.39 is 30.1 Å². The molecule has 7 heteroatoms. The van der Waals surface area contributed by atoms with Crippen molar-refractivity contribution < 1.29 is 28.2 Å². The number of carboxylic acids is 1. The maximum absolute atomic E-state index is 13.5. The lowest BCUT2D eigenvalue weighted by Gasteiger charge is -2.39. The van der Waals surface area contributed by atoms with Gasteiger partial charge >= 0.3 is 5.97 Å². The van der Waals surface area contributed by atoms with Gasteiger partial charge in [0, 0.05) is 26.2 Å². The molecule has 2 aliphatic rings. The zero-order valence-electron chi connectivity index (χ0n) is 11.7. The molecular formula is C14H19F2NO4. The molecule has 1 aliphatic carbocycles. The Hall–Kier alpha value is -1.47. The Kier molecular flexibility index (Phi) is 5.30. The molecule has 2 N–H and O–H groups in total. The van der Waals surface area contributed by atoms with Crippen molar-refractivity contribution in [2.75, 3.05) is 20.3 Å². The highest BCUT2D eigenvalue weighted by Crippen LogP contribution is 2.34. The Balaban J connectivity index is 2.10. The highest BCUT2D eigenvalue weighted by atomic mass is 19.2. The molecule has 0 aromatic rings. The minimum atomic E-state index is -1.65. The number of nitrogens with one attached hydrogen (secondary N) is 1. The summed E-state index contributed by atoms with van der Waals surface area (Å²) in [5.74, 6) is -2.33. The van der Waals surface area contributed by atoms with Gasteiger partial charge in [0.25, 0.3) is 0 Å². The van der Waals surface area contributed by atoms with Crippen LogP contribution in [0.3, 0.4) is 0 Å². The standard InChI is InChI=1S/C14H19F2NO4/c1-20-3-2-4-21-13-7-12(14(18)19)17-11-6-10(16)9(15)5-8(11)13/h6-9,11,13,17H,2-5H2,1H3,(H,18,19). The molecule has 1 aliphatic heterocycles. The van der Waals surface area contributed by atoms with Gasteiger partial charge in [0.15, 0.2) is 6.17 Å². The first-order valence-electron chi connectivity index (χ1n) is 6.86. The predicted molar refractivity (Wildman–Crippen MR) is 71.1 cm³/mol. The first-order chi connectivity index (χ1) is 10.0. The lowest BCUT2D eigenvalue weighted by molar-refractivity contribution is -0.133. The number of fused-ring (bicyclic) bond motifs is 1. The van der Waals surface area contributed by atoms with Crippen molar-refractivity contribution in [2.24, 2.45) is 5.92 Å². The second-order valence-electron chi connectivity index (χ2n) is 5.16. The summed E-state index contributed by atoms with van der Waals surface area (Å²) in [5.41, 5.74) is -0.0469. The van der Waals surface area contributed by atoms with E-state index in [1.807, 2.05) is 0 Å². The monoisotopic (exact) mass is 303 g/mol. The van der Waals surface area contributed by atoms with Crippen LogP contribution in [0.15, 0.2) is 23.7 Å². The van der Waals surface area contributed by atoms with E-state index >= 15 is 0 Å². The fourth-order valence-electron chi connectivity index (χ4n) is 2.63. The van der Waals surface area contributed by atoms with Gasteiger partial charge in [-0.3, -0.25) is 0 Å². The summed E-state index contributed by atoms with van der Waals surface area (Å²) in [6, 6.07) is -0.569. The number of alkyl halides is 1. The first-order valence-corrected chi connectivity index (χ1v) is 6.86. The van der Waals surface area contributed by atoms with Crippen LogP contribution in [-0.4, -0.2) is 49.7 Å². The summed E-state index contributed by atoms with van der Waals surface area (Å²) >= 11 is 0. The third kappa shape index (κ3) is 3.79. The molecule has 0 saturated carbocycles. The number of carbonyl (C=O) groups is 1. The summed E-state index contributed by atoms with van der Waals surface area (Å²) in [5, 5.41) is 11.8. The van der Waals surface area contributed by atoms with Crippen LogP contribution in [0.2, 0.25) is 0 Å². The molecule has 0 fully saturated rings. The third-order valence-electron chi connectivity index (χ3n) is 3.69. The highest BCUT2D eigenvalue weighted by molar-refractivity contribution is 5.86. The Morgan fingerprint density at radius 3 is 2.90 bits per heavy atom. The largest absolute Gasteiger partial charge is 0.477 e. The van der Waals surface area contributed by atoms with Crippen molar-refractivity contribution in [1.29, 1.82) is 0 Å². The van der Waals surface area contributed by atoms with E-state index in [9.17, 15) is 13.6 Å². The SMILES string of the molecule is COCCCOC1C=C(C(=O)O)NC2C=C(F)C(F)CC21. The molecule has 4 atom stereocenters. The smallest absolute Gasteiger partial charge is 0.351 e. The zero-order valence-corrected chi connectivity index (χ0v) is 11.7. The van der Waals surface area contributed by atoms with Crippen LogP contribution in [-0.2, 0) is 14.3 Å². The molecule has 0 spiro atoms. The molecule has 1 heterocycles. The lowest BCUT2D eigenvalue weighted by Crippen LogP contribution is -2.49. The van der Waals surface area contributed by atoms with Crippen molar-refractivity contribution in [3.05, 3.63) is 23.7 Å². The van der Waals surface area contributed by atoms with E-state index in [0.29, 0.717) is 19.6 Å². The normalized spacial score (nSPS) is 31.8. The molecule has 0 bridgehead atoms. The molecule has 0 aromatic carbocycles. The van der Waals surface area contributed by atoms with Gasteiger partial charge in [-0.25, -0.2) is 13.6 Å². The molecule has 21 heavy (non-hydrogen) atoms. The molecule has 4 unspecified atom stereocenters. The number of hydrogen-bond acceptors (Lipinski definition) is 4. The minimum absolute atomic E-state index is 0.0294. The number of methoxy groups -OCH3 is 1. The van der Waals surface area contributed by atoms with Crippen LogP contribution < -0.4 is 5.32 Å². The second kappa shape index (κ2) is 7.00. The van der Waals surface area contributed by atoms with Crippen LogP contribution >= 0.6 is 0 Å². The molecule has 0 saturated heterocycles. The van der Waals surface area contributed by atoms with Gasteiger partial charge in [-0.1, -0.05) is 0 Å². The van der Waals surface area contributed by atoms with E-state index in [-0.39, 0.29) is 18.0 Å². The van der Waals surface area contributed by atoms with Gasteiger partial charge in [0.1, 0.15) is 11.5 Å². The summed E-state index contributed by atoms with van der Waals surface area (Å²) in [4.78, 5) is 11.1. The van der Waals surface area contributed by atoms with Crippen LogP contribution in [0.4, 0.5) is 8.78 Å². The molecule has 0 amide bonds. The summed E-state index contributed by atoms with van der Waals surface area (Å²) < 4.78 is 37.5. The Labute approximate surface area is 121 Å². The Bertz CT molecular complexity index is 452. The average Bonchev–Trinajstić information content (AvgIpc) is 2.44. The van der Waals surface area contributed by atoms with Crippen molar-refractivity contribution in [2.45, 2.75) is 31.2 Å². The highest BCUT2D eigenvalue weighted by Gasteiger charge is 2.40. The number of allylic oxidation sites excluding steroid dienone is 1. The van der Waals surface area contributed by atoms with Crippen LogP contribution in [0.25, 0.3) is 0 Å². The Morgan fingerprint density at radius 1 is 1.48 bits per heavy atom. The number of rotatable bonds is 6. The number of ether oxygens (including phenoxy) is 2. The number of carboxylic acid groups (broad SMARTS) is 1. The maximum atomic E-state index is 13.5. The molecule has 118 valence electrons. The third-order valence-corrected chi connectivity index (χ3v) is 3.69. The number of hydrogen-bond donors (Lipinski definition) is 2. The van der Waals surface area contributed by atoms with Gasteiger partial charge in [0.05, 0.1) is 12.1 Å². The fraction of sp³-hybridized carbons (Fsp3) is 0.643. The van der Waals surface area contributed by atoms with Crippen molar-refractivity contribution >= 4 is 5.97 Å². The number of aliphatic carboxylic acids is 1. The minimum Gasteiger partial charge on any atom is -0.477 e. The zero-order chi connectivity index (χ0) is 15.4. The number of halogens is 2. The van der Waals surface area contributed by atoms with Crippen molar-refractivity contribution in [3.8, 4) is 0 Å². The van der Waals surface area contributed by atoms with Gasteiger partial charge < -0.3 is 19.9 Å². The van der Waals surface area contributed by atoms with Crippen molar-refractivity contribution in [3.63, 3.8) is 0 Å². The second-order valence-corrected chi connectivity index (χ2v) is 5.16. The first kappa shape index (κ1) is 15.9. The molecular weight excluding hydrogens is 284 g/mol. The van der Waals surface area contributed by atoms with E-state index in [1.54, 1.807) is 7.11 Å². The molecule has 5 nitrogen and oxygen atoms in total. The van der Waals surface area contributed by atoms with Gasteiger partial charge in [-0.15, -0.1) is 0 Å². The van der Waals surface area contributed by atoms with Gasteiger partial charge in [-0.05, 0) is 25.0 Å². The molecule has 0 radical (unpaired) electrons. The summed E-state index contributed by atoms with van der Waals surface area (Å²) in [6.07, 6.45) is 0.954. The van der Waals surface area contributed by atoms with E-state index in [4.69, 9.17) is 14.6 Å². The summed E-state index contributed by atoms with van der Waals surface area (Å²) in [7, 11) is 1.57. The molecule has 2 rings (SSSR count). The van der Waals surface area contributed by atoms with E-state index in [0.717, 1.165) is 6.08 Å². The van der Waals surface area contributed by atoms with Gasteiger partial charge in [0.2, 0.25) is 0 Å². The average molecular weight is 303 g/mol. The van der Waals surface area contributed by atoms with Crippen LogP contribution in [0.5, 0.6) is 0 Å². The van der Waals surface area contributed by atoms with E-state index in [1.165, 1.54) is 6.08 Å². The van der Waals surface area contributed by atoms with Crippen molar-refractivity contribution in [1.82, 2.24) is 5.32 Å². The lowest BCUT2D eigenvalue weighted by atomic mass is 9.81. The van der Waals surface area contributed by atoms with Crippen LogP contribution in [0, 0.1) is 5.92 Å². The maximum Gasteiger partial charge on any atom is 0.351 e. The topological polar surface area (TPSA) is 67.8 Å². The van der Waals surface area contributed by atoms with Crippen LogP contribution in [0.1, 0.15) is 12.8 Å². The Morgan fingerprint density at radius 2 is 2.24 bits per heavy atom. The van der Waals surface area contributed by atoms with E-state index in [2.05, 4.69) is 5.32 Å². The quantitative estimate of drug-likeness (QED) is 0.729. The summed E-state index contributed by atoms with van der Waals surface area (Å²) in [6.45, 7) is 0.892. The molecule has 0 aromatic heterocycles. The van der Waals surface area contributed by atoms with Gasteiger partial charge in [-0.2, -0.15) is 0 Å². The predicted octanol–water partition coefficient (Wildman–Crippen LogP) is 1.56. The fourth-order valence-corrected chi connectivity index (χ4v) is 2.63.